The topological polar surface area (TPSA) is 113 Å². The van der Waals surface area contributed by atoms with E-state index in [9.17, 15) is 14.4 Å². The number of para-hydroxylation sites is 1. The van der Waals surface area contributed by atoms with Crippen molar-refractivity contribution in [2.45, 2.75) is 25.7 Å². The fraction of sp³-hybridized carbons (Fsp3) is 0.312. The van der Waals surface area contributed by atoms with Gasteiger partial charge < -0.3 is 15.8 Å². The number of benzene rings is 1. The van der Waals surface area contributed by atoms with Crippen LogP contribution < -0.4 is 5.73 Å². The number of primary amides is 1. The predicted octanol–water partition coefficient (Wildman–Crippen LogP) is 1.64. The molecule has 0 aliphatic rings. The van der Waals surface area contributed by atoms with Gasteiger partial charge in [0.15, 0.2) is 0 Å². The maximum atomic E-state index is 12.0. The fourth-order valence-electron chi connectivity index (χ4n) is 2.42. The number of fused-ring (bicyclic) bond motifs is 1. The quantitative estimate of drug-likeness (QED) is 0.687. The number of nitrogens with two attached hydrogens (primary N) is 1. The first-order chi connectivity index (χ1) is 10.5. The predicted molar refractivity (Wildman–Crippen MR) is 81.2 cm³/mol. The SMILES string of the molecule is NC(=O)CCC(CC(=O)Cc1cc2ccccc2[nH]1)C(=O)O. The highest BCUT2D eigenvalue weighted by molar-refractivity contribution is 5.87. The van der Waals surface area contributed by atoms with E-state index in [0.29, 0.717) is 0 Å². The van der Waals surface area contributed by atoms with Gasteiger partial charge in [0.2, 0.25) is 5.91 Å². The second kappa shape index (κ2) is 6.89. The molecule has 0 aliphatic carbocycles. The summed E-state index contributed by atoms with van der Waals surface area (Å²) in [4.78, 5) is 37.1. The van der Waals surface area contributed by atoms with E-state index in [-0.39, 0.29) is 31.5 Å². The van der Waals surface area contributed by atoms with Crippen molar-refractivity contribution in [3.8, 4) is 0 Å². The Labute approximate surface area is 127 Å². The summed E-state index contributed by atoms with van der Waals surface area (Å²) in [5.41, 5.74) is 6.71. The number of carbonyl (C=O) groups excluding carboxylic acids is 2. The minimum absolute atomic E-state index is 0.0311. The average Bonchev–Trinajstić information content (AvgIpc) is 2.84. The van der Waals surface area contributed by atoms with E-state index in [0.717, 1.165) is 16.6 Å². The van der Waals surface area contributed by atoms with Gasteiger partial charge >= 0.3 is 5.97 Å². The van der Waals surface area contributed by atoms with Crippen molar-refractivity contribution in [3.05, 3.63) is 36.0 Å². The number of carbonyl (C=O) groups is 3. The number of carboxylic acids is 1. The number of aliphatic carboxylic acids is 1. The summed E-state index contributed by atoms with van der Waals surface area (Å²) in [7, 11) is 0. The molecule has 1 aromatic heterocycles. The van der Waals surface area contributed by atoms with E-state index in [4.69, 9.17) is 10.8 Å². The average molecular weight is 302 g/mol. The Balaban J connectivity index is 1.98. The molecule has 2 aromatic rings. The van der Waals surface area contributed by atoms with Crippen molar-refractivity contribution in [2.75, 3.05) is 0 Å². The van der Waals surface area contributed by atoms with E-state index >= 15 is 0 Å². The maximum absolute atomic E-state index is 12.0. The molecule has 1 aromatic carbocycles. The number of amides is 1. The number of hydrogen-bond acceptors (Lipinski definition) is 3. The van der Waals surface area contributed by atoms with Gasteiger partial charge in [-0.2, -0.15) is 0 Å². The van der Waals surface area contributed by atoms with E-state index in [2.05, 4.69) is 4.98 Å². The van der Waals surface area contributed by atoms with Crippen molar-refractivity contribution in [3.63, 3.8) is 0 Å². The number of H-pyrrole nitrogens is 1. The standard InChI is InChI=1S/C16H18N2O4/c17-15(20)6-5-11(16(21)22)8-13(19)9-12-7-10-3-1-2-4-14(10)18-12/h1-4,7,11,18H,5-6,8-9H2,(H2,17,20)(H,21,22). The molecule has 1 atom stereocenters. The number of nitrogens with one attached hydrogen (secondary N) is 1. The zero-order valence-corrected chi connectivity index (χ0v) is 12.0. The van der Waals surface area contributed by atoms with Crippen LogP contribution in [0.25, 0.3) is 10.9 Å². The Hall–Kier alpha value is -2.63. The fourth-order valence-corrected chi connectivity index (χ4v) is 2.42. The summed E-state index contributed by atoms with van der Waals surface area (Å²) >= 11 is 0. The highest BCUT2D eigenvalue weighted by Gasteiger charge is 2.22. The normalized spacial score (nSPS) is 12.2. The lowest BCUT2D eigenvalue weighted by Gasteiger charge is -2.09. The van der Waals surface area contributed by atoms with Gasteiger partial charge in [0.1, 0.15) is 5.78 Å². The van der Waals surface area contributed by atoms with Gasteiger partial charge in [-0.3, -0.25) is 14.4 Å². The number of aromatic amines is 1. The van der Waals surface area contributed by atoms with Crippen LogP contribution in [-0.4, -0.2) is 27.8 Å². The molecule has 1 unspecified atom stereocenters. The van der Waals surface area contributed by atoms with Crippen LogP contribution >= 0.6 is 0 Å². The number of carboxylic acid groups (broad SMARTS) is 1. The Morgan fingerprint density at radius 2 is 1.95 bits per heavy atom. The summed E-state index contributed by atoms with van der Waals surface area (Å²) in [5.74, 6) is -2.69. The molecule has 1 amide bonds. The molecule has 6 heteroatoms. The van der Waals surface area contributed by atoms with Crippen molar-refractivity contribution >= 4 is 28.6 Å². The molecule has 0 bridgehead atoms. The molecule has 2 rings (SSSR count). The van der Waals surface area contributed by atoms with Crippen LogP contribution in [0.15, 0.2) is 30.3 Å². The minimum Gasteiger partial charge on any atom is -0.481 e. The summed E-state index contributed by atoms with van der Waals surface area (Å²) in [6.45, 7) is 0. The van der Waals surface area contributed by atoms with Crippen molar-refractivity contribution < 1.29 is 19.5 Å². The van der Waals surface area contributed by atoms with E-state index in [1.54, 1.807) is 0 Å². The molecule has 0 spiro atoms. The molecular formula is C16H18N2O4. The number of rotatable bonds is 8. The third kappa shape index (κ3) is 4.18. The lowest BCUT2D eigenvalue weighted by molar-refractivity contribution is -0.144. The number of hydrogen-bond donors (Lipinski definition) is 3. The maximum Gasteiger partial charge on any atom is 0.306 e. The summed E-state index contributed by atoms with van der Waals surface area (Å²) in [6.07, 6.45) is 0.104. The molecule has 0 aliphatic heterocycles. The number of aromatic nitrogens is 1. The Morgan fingerprint density at radius 1 is 1.23 bits per heavy atom. The summed E-state index contributed by atoms with van der Waals surface area (Å²) in [6, 6.07) is 9.54. The van der Waals surface area contributed by atoms with Gasteiger partial charge in [0.05, 0.1) is 5.92 Å². The third-order valence-electron chi connectivity index (χ3n) is 3.54. The Kier molecular flexibility index (Phi) is 4.93. The van der Waals surface area contributed by atoms with Crippen LogP contribution in [-0.2, 0) is 20.8 Å². The van der Waals surface area contributed by atoms with Crippen molar-refractivity contribution in [1.82, 2.24) is 4.98 Å². The Bertz CT molecular complexity index is 672. The van der Waals surface area contributed by atoms with Crippen molar-refractivity contribution in [1.29, 1.82) is 0 Å². The van der Waals surface area contributed by atoms with Crippen LogP contribution in [0.5, 0.6) is 0 Å². The van der Waals surface area contributed by atoms with Gasteiger partial charge in [0.25, 0.3) is 0 Å². The molecule has 0 radical (unpaired) electrons. The second-order valence-corrected chi connectivity index (χ2v) is 5.34. The van der Waals surface area contributed by atoms with Crippen molar-refractivity contribution in [2.24, 2.45) is 11.7 Å². The first-order valence-electron chi connectivity index (χ1n) is 7.05. The molecule has 6 nitrogen and oxygen atoms in total. The second-order valence-electron chi connectivity index (χ2n) is 5.34. The third-order valence-corrected chi connectivity index (χ3v) is 3.54. The van der Waals surface area contributed by atoms with Crippen LogP contribution in [0.1, 0.15) is 25.0 Å². The zero-order chi connectivity index (χ0) is 16.1. The van der Waals surface area contributed by atoms with Crippen LogP contribution in [0, 0.1) is 5.92 Å². The highest BCUT2D eigenvalue weighted by Crippen LogP contribution is 2.17. The Morgan fingerprint density at radius 3 is 2.59 bits per heavy atom. The summed E-state index contributed by atoms with van der Waals surface area (Å²) < 4.78 is 0. The number of Topliss-reactive ketones (excluding diaryl/α,β-unsaturated/α-hetero) is 1. The van der Waals surface area contributed by atoms with Gasteiger partial charge in [-0.15, -0.1) is 0 Å². The monoisotopic (exact) mass is 302 g/mol. The van der Waals surface area contributed by atoms with E-state index in [1.807, 2.05) is 30.3 Å². The molecule has 4 N–H and O–H groups in total. The van der Waals surface area contributed by atoms with Crippen LogP contribution in [0.2, 0.25) is 0 Å². The smallest absolute Gasteiger partial charge is 0.306 e. The molecule has 0 saturated carbocycles. The highest BCUT2D eigenvalue weighted by atomic mass is 16.4. The van der Waals surface area contributed by atoms with Crippen LogP contribution in [0.3, 0.4) is 0 Å². The number of ketones is 1. The lowest BCUT2D eigenvalue weighted by Crippen LogP contribution is -2.21. The molecule has 116 valence electrons. The molecule has 0 fully saturated rings. The first-order valence-corrected chi connectivity index (χ1v) is 7.05. The van der Waals surface area contributed by atoms with Gasteiger partial charge in [-0.1, -0.05) is 18.2 Å². The summed E-state index contributed by atoms with van der Waals surface area (Å²) in [5, 5.41) is 10.1. The molecular weight excluding hydrogens is 284 g/mol. The van der Waals surface area contributed by atoms with Crippen LogP contribution in [0.4, 0.5) is 0 Å². The van der Waals surface area contributed by atoms with E-state index in [1.165, 1.54) is 0 Å². The minimum atomic E-state index is -1.08. The molecule has 22 heavy (non-hydrogen) atoms. The van der Waals surface area contributed by atoms with Gasteiger partial charge in [-0.25, -0.2) is 0 Å². The van der Waals surface area contributed by atoms with E-state index < -0.39 is 17.8 Å². The van der Waals surface area contributed by atoms with Gasteiger partial charge in [0, 0.05) is 30.5 Å². The lowest BCUT2D eigenvalue weighted by atomic mass is 9.95. The van der Waals surface area contributed by atoms with Gasteiger partial charge in [-0.05, 0) is 23.9 Å². The largest absolute Gasteiger partial charge is 0.481 e. The first kappa shape index (κ1) is 15.8. The molecule has 0 saturated heterocycles. The zero-order valence-electron chi connectivity index (χ0n) is 12.0. The molecule has 1 heterocycles.